The molecule has 1 aliphatic heterocycles. The van der Waals surface area contributed by atoms with Gasteiger partial charge in [0.15, 0.2) is 0 Å². The number of hydrogen-bond acceptors (Lipinski definition) is 3. The summed E-state index contributed by atoms with van der Waals surface area (Å²) >= 11 is 0. The van der Waals surface area contributed by atoms with Gasteiger partial charge in [0, 0.05) is 25.7 Å². The molecule has 0 saturated carbocycles. The molecule has 2 unspecified atom stereocenters. The monoisotopic (exact) mass is 247 g/mol. The second-order valence-electron chi connectivity index (χ2n) is 5.21. The van der Waals surface area contributed by atoms with Gasteiger partial charge in [0.2, 0.25) is 0 Å². The molecule has 18 heavy (non-hydrogen) atoms. The minimum Gasteiger partial charge on any atom is -0.397 e. The highest BCUT2D eigenvalue weighted by Crippen LogP contribution is 2.31. The predicted molar refractivity (Wildman–Crippen MR) is 74.8 cm³/mol. The fourth-order valence-corrected chi connectivity index (χ4v) is 2.45. The Balaban J connectivity index is 2.23. The normalized spacial score (nSPS) is 23.2. The van der Waals surface area contributed by atoms with E-state index >= 15 is 0 Å². The molecule has 1 heterocycles. The Hall–Kier alpha value is -1.71. The molecule has 4 heteroatoms. The van der Waals surface area contributed by atoms with Crippen LogP contribution in [0.25, 0.3) is 0 Å². The van der Waals surface area contributed by atoms with Crippen molar-refractivity contribution >= 4 is 17.3 Å². The Morgan fingerprint density at radius 1 is 1.33 bits per heavy atom. The summed E-state index contributed by atoms with van der Waals surface area (Å²) in [5, 5.41) is 2.60. The van der Waals surface area contributed by atoms with Crippen molar-refractivity contribution < 1.29 is 4.79 Å². The molecule has 1 amide bonds. The number of amides is 1. The van der Waals surface area contributed by atoms with Crippen molar-refractivity contribution in [2.75, 3.05) is 30.8 Å². The van der Waals surface area contributed by atoms with E-state index < -0.39 is 0 Å². The van der Waals surface area contributed by atoms with Crippen molar-refractivity contribution in [2.24, 2.45) is 11.8 Å². The summed E-state index contributed by atoms with van der Waals surface area (Å²) in [6, 6.07) is 5.53. The van der Waals surface area contributed by atoms with Crippen molar-refractivity contribution in [3.05, 3.63) is 23.8 Å². The predicted octanol–water partition coefficient (Wildman–Crippen LogP) is 1.72. The third-order valence-corrected chi connectivity index (χ3v) is 3.85. The number of anilines is 2. The molecule has 2 atom stereocenters. The Morgan fingerprint density at radius 3 is 2.44 bits per heavy atom. The quantitative estimate of drug-likeness (QED) is 0.782. The first-order chi connectivity index (χ1) is 8.52. The van der Waals surface area contributed by atoms with Crippen LogP contribution in [-0.2, 0) is 0 Å². The van der Waals surface area contributed by atoms with Crippen LogP contribution in [0, 0.1) is 11.8 Å². The fraction of sp³-hybridized carbons (Fsp3) is 0.500. The van der Waals surface area contributed by atoms with Crippen molar-refractivity contribution in [3.63, 3.8) is 0 Å². The van der Waals surface area contributed by atoms with Crippen LogP contribution < -0.4 is 16.0 Å². The van der Waals surface area contributed by atoms with Crippen LogP contribution in [-0.4, -0.2) is 26.0 Å². The Morgan fingerprint density at radius 2 is 1.94 bits per heavy atom. The molecule has 0 radical (unpaired) electrons. The van der Waals surface area contributed by atoms with E-state index in [1.54, 1.807) is 13.1 Å². The zero-order valence-corrected chi connectivity index (χ0v) is 11.2. The number of nitrogens with one attached hydrogen (secondary N) is 1. The van der Waals surface area contributed by atoms with Crippen LogP contribution in [0.4, 0.5) is 11.4 Å². The van der Waals surface area contributed by atoms with Crippen molar-refractivity contribution in [1.29, 1.82) is 0 Å². The van der Waals surface area contributed by atoms with Gasteiger partial charge in [0.1, 0.15) is 0 Å². The number of carbonyl (C=O) groups is 1. The van der Waals surface area contributed by atoms with E-state index in [1.807, 2.05) is 12.1 Å². The van der Waals surface area contributed by atoms with E-state index in [0.29, 0.717) is 23.1 Å². The van der Waals surface area contributed by atoms with Gasteiger partial charge >= 0.3 is 0 Å². The number of nitrogens with zero attached hydrogens (tertiary/aromatic N) is 1. The highest BCUT2D eigenvalue weighted by atomic mass is 16.1. The third kappa shape index (κ3) is 2.28. The Labute approximate surface area is 108 Å². The number of benzene rings is 1. The highest BCUT2D eigenvalue weighted by Gasteiger charge is 2.27. The molecule has 1 aromatic carbocycles. The average molecular weight is 247 g/mol. The van der Waals surface area contributed by atoms with Crippen LogP contribution in [0.2, 0.25) is 0 Å². The Kier molecular flexibility index (Phi) is 3.45. The van der Waals surface area contributed by atoms with Crippen molar-refractivity contribution in [3.8, 4) is 0 Å². The lowest BCUT2D eigenvalue weighted by Gasteiger charge is -2.20. The molecular formula is C14H21N3O. The molecule has 98 valence electrons. The van der Waals surface area contributed by atoms with Crippen LogP contribution in [0.15, 0.2) is 18.2 Å². The van der Waals surface area contributed by atoms with E-state index in [2.05, 4.69) is 24.1 Å². The summed E-state index contributed by atoms with van der Waals surface area (Å²) in [5.41, 5.74) is 8.39. The largest absolute Gasteiger partial charge is 0.397 e. The summed E-state index contributed by atoms with van der Waals surface area (Å²) < 4.78 is 0. The molecule has 4 nitrogen and oxygen atoms in total. The van der Waals surface area contributed by atoms with Gasteiger partial charge in [0.25, 0.3) is 5.91 Å². The molecule has 1 aliphatic rings. The lowest BCUT2D eigenvalue weighted by Crippen LogP contribution is -2.22. The van der Waals surface area contributed by atoms with Gasteiger partial charge in [-0.3, -0.25) is 4.79 Å². The van der Waals surface area contributed by atoms with Crippen molar-refractivity contribution in [2.45, 2.75) is 13.8 Å². The van der Waals surface area contributed by atoms with E-state index in [4.69, 9.17) is 5.73 Å². The van der Waals surface area contributed by atoms with E-state index in [9.17, 15) is 4.79 Å². The standard InChI is InChI=1S/C14H21N3O/c1-9-7-17(8-10(9)2)13-5-4-11(6-12(13)15)14(18)16-3/h4-6,9-10H,7-8,15H2,1-3H3,(H,16,18). The summed E-state index contributed by atoms with van der Waals surface area (Å²) in [4.78, 5) is 13.8. The summed E-state index contributed by atoms with van der Waals surface area (Å²) in [5.74, 6) is 1.27. The second kappa shape index (κ2) is 4.88. The molecule has 3 N–H and O–H groups in total. The molecule has 2 rings (SSSR count). The fourth-order valence-electron chi connectivity index (χ4n) is 2.45. The summed E-state index contributed by atoms with van der Waals surface area (Å²) in [7, 11) is 1.62. The topological polar surface area (TPSA) is 58.4 Å². The summed E-state index contributed by atoms with van der Waals surface area (Å²) in [6.07, 6.45) is 0. The minimum atomic E-state index is -0.101. The van der Waals surface area contributed by atoms with Gasteiger partial charge in [-0.2, -0.15) is 0 Å². The van der Waals surface area contributed by atoms with Gasteiger partial charge in [-0.15, -0.1) is 0 Å². The van der Waals surface area contributed by atoms with E-state index in [-0.39, 0.29) is 5.91 Å². The van der Waals surface area contributed by atoms with Crippen LogP contribution in [0.3, 0.4) is 0 Å². The average Bonchev–Trinajstić information content (AvgIpc) is 2.68. The SMILES string of the molecule is CNC(=O)c1ccc(N2CC(C)C(C)C2)c(N)c1. The molecule has 0 spiro atoms. The first-order valence-corrected chi connectivity index (χ1v) is 6.39. The van der Waals surface area contributed by atoms with Gasteiger partial charge in [-0.25, -0.2) is 0 Å². The minimum absolute atomic E-state index is 0.101. The zero-order chi connectivity index (χ0) is 13.3. The number of carbonyl (C=O) groups excluding carboxylic acids is 1. The molecule has 1 aromatic rings. The summed E-state index contributed by atoms with van der Waals surface area (Å²) in [6.45, 7) is 6.59. The van der Waals surface area contributed by atoms with Crippen molar-refractivity contribution in [1.82, 2.24) is 5.32 Å². The third-order valence-electron chi connectivity index (χ3n) is 3.85. The van der Waals surface area contributed by atoms with Crippen LogP contribution >= 0.6 is 0 Å². The maximum Gasteiger partial charge on any atom is 0.251 e. The van der Waals surface area contributed by atoms with Crippen LogP contribution in [0.1, 0.15) is 24.2 Å². The molecule has 0 bridgehead atoms. The zero-order valence-electron chi connectivity index (χ0n) is 11.2. The van der Waals surface area contributed by atoms with E-state index in [0.717, 1.165) is 18.8 Å². The van der Waals surface area contributed by atoms with Gasteiger partial charge in [-0.05, 0) is 30.0 Å². The number of hydrogen-bond donors (Lipinski definition) is 2. The maximum absolute atomic E-state index is 11.5. The molecular weight excluding hydrogens is 226 g/mol. The second-order valence-corrected chi connectivity index (χ2v) is 5.21. The molecule has 0 aliphatic carbocycles. The number of nitrogens with two attached hydrogens (primary N) is 1. The first kappa shape index (κ1) is 12.7. The highest BCUT2D eigenvalue weighted by molar-refractivity contribution is 5.96. The van der Waals surface area contributed by atoms with E-state index in [1.165, 1.54) is 0 Å². The maximum atomic E-state index is 11.5. The molecule has 0 aromatic heterocycles. The molecule has 1 fully saturated rings. The van der Waals surface area contributed by atoms with Gasteiger partial charge < -0.3 is 16.0 Å². The van der Waals surface area contributed by atoms with Gasteiger partial charge in [-0.1, -0.05) is 13.8 Å². The smallest absolute Gasteiger partial charge is 0.251 e. The lowest BCUT2D eigenvalue weighted by molar-refractivity contribution is 0.0963. The van der Waals surface area contributed by atoms with Crippen LogP contribution in [0.5, 0.6) is 0 Å². The lowest BCUT2D eigenvalue weighted by atomic mass is 10.0. The first-order valence-electron chi connectivity index (χ1n) is 6.39. The number of nitrogen functional groups attached to an aromatic ring is 1. The van der Waals surface area contributed by atoms with Gasteiger partial charge in [0.05, 0.1) is 11.4 Å². The number of rotatable bonds is 2. The molecule has 1 saturated heterocycles. The Bertz CT molecular complexity index is 448.